The van der Waals surface area contributed by atoms with Crippen LogP contribution in [0.1, 0.15) is 54.0 Å². The molecule has 10 heterocycles. The maximum absolute atomic E-state index is 12.9. The normalized spacial score (nSPS) is 23.8. The first-order chi connectivity index (χ1) is 43.5. The predicted octanol–water partition coefficient (Wildman–Crippen LogP) is 4.40. The number of urea groups is 1. The topological polar surface area (TPSA) is 381 Å². The monoisotopic (exact) mass is 1290 g/mol. The lowest BCUT2D eigenvalue weighted by Crippen LogP contribution is -2.42. The third-order valence-corrected chi connectivity index (χ3v) is 18.4. The summed E-state index contributed by atoms with van der Waals surface area (Å²) in [4.78, 5) is 76.6. The Hall–Kier alpha value is -8.90. The molecule has 4 fully saturated rings. The summed E-state index contributed by atoms with van der Waals surface area (Å²) in [5.41, 5.74) is 7.61. The number of sulfonamides is 2. The number of anilines is 4. The highest BCUT2D eigenvalue weighted by atomic mass is 32.2. The number of hydrogen-bond acceptors (Lipinski definition) is 22. The van der Waals surface area contributed by atoms with Gasteiger partial charge in [-0.3, -0.25) is 29.4 Å². The Kier molecular flexibility index (Phi) is 18.3. The van der Waals surface area contributed by atoms with Crippen molar-refractivity contribution in [1.29, 1.82) is 0 Å². The minimum Gasteiger partial charge on any atom is -0.410 e. The average Bonchev–Trinajstić information content (AvgIpc) is 1.60. The number of nitrogen functional groups attached to an aromatic ring is 1. The SMILES string of the molecule is CCNC(=O)[C@H]1O[C@@H](n2cnc3c(NC(=O)Nc4cccc(S(=O)(=O)N5CC=CC5)c4)ncnc32)[C@@H]2OC(C)(C)O[C@@H]21.CCNC(=O)[C@H]1O[C@@H](n2cnc3c(NC(=O)Oc4ccccc4)ncnc32)[C@@H]2OC(C)(C)O[C@@H]21.Nc1cccc(S(=O)(=O)N2CC=CC2)c1. The van der Waals surface area contributed by atoms with Gasteiger partial charge in [0, 0.05) is 50.6 Å². The first-order valence-electron chi connectivity index (χ1n) is 28.8. The minimum absolute atomic E-state index is 0.0641. The van der Waals surface area contributed by atoms with E-state index in [2.05, 4.69) is 56.5 Å². The van der Waals surface area contributed by atoms with Crippen LogP contribution in [0.15, 0.2) is 138 Å². The molecule has 31 nitrogen and oxygen atoms in total. The molecule has 4 saturated heterocycles. The van der Waals surface area contributed by atoms with Crippen molar-refractivity contribution in [3.63, 3.8) is 0 Å². The highest BCUT2D eigenvalue weighted by molar-refractivity contribution is 7.89. The van der Waals surface area contributed by atoms with Gasteiger partial charge in [-0.15, -0.1) is 0 Å². The lowest BCUT2D eigenvalue weighted by Gasteiger charge is -2.24. The van der Waals surface area contributed by atoms with Crippen LogP contribution in [0.3, 0.4) is 0 Å². The molecule has 5 amide bonds. The summed E-state index contributed by atoms with van der Waals surface area (Å²) >= 11 is 0. The van der Waals surface area contributed by atoms with E-state index in [1.54, 1.807) is 104 Å². The van der Waals surface area contributed by atoms with E-state index >= 15 is 0 Å². The number of likely N-dealkylation sites (N-methyl/N-ethyl adjacent to an activating group) is 2. The number of fused-ring (bicyclic) bond motifs is 4. The van der Waals surface area contributed by atoms with Crippen LogP contribution in [0.5, 0.6) is 5.75 Å². The number of rotatable bonds is 14. The maximum atomic E-state index is 12.9. The number of imidazole rings is 2. The van der Waals surface area contributed by atoms with Crippen molar-refractivity contribution in [1.82, 2.24) is 58.3 Å². The molecule has 4 aromatic heterocycles. The average molecular weight is 1290 g/mol. The molecule has 7 N–H and O–H groups in total. The Morgan fingerprint density at radius 2 is 1.03 bits per heavy atom. The third-order valence-electron chi connectivity index (χ3n) is 14.7. The molecular weight excluding hydrogens is 1220 g/mol. The van der Waals surface area contributed by atoms with E-state index in [1.807, 2.05) is 32.1 Å². The molecular formula is C58H66N16O15S2. The molecule has 13 rings (SSSR count). The van der Waals surface area contributed by atoms with Crippen LogP contribution < -0.4 is 37.1 Å². The summed E-state index contributed by atoms with van der Waals surface area (Å²) in [6, 6.07) is 20.3. The summed E-state index contributed by atoms with van der Waals surface area (Å²) in [5.74, 6) is -1.75. The predicted molar refractivity (Wildman–Crippen MR) is 325 cm³/mol. The van der Waals surface area contributed by atoms with Gasteiger partial charge in [-0.25, -0.2) is 56.3 Å². The fourth-order valence-electron chi connectivity index (χ4n) is 10.8. The number of nitrogens with two attached hydrogens (primary N) is 1. The van der Waals surface area contributed by atoms with Crippen LogP contribution in [0.25, 0.3) is 22.3 Å². The molecule has 8 atom stereocenters. The van der Waals surface area contributed by atoms with Gasteiger partial charge in [0.15, 0.2) is 70.2 Å². The number of ether oxygens (including phenoxy) is 7. The van der Waals surface area contributed by atoms with Crippen LogP contribution in [-0.4, -0.2) is 176 Å². The summed E-state index contributed by atoms with van der Waals surface area (Å²) in [6.07, 6.45) is 6.29. The Labute approximate surface area is 521 Å². The number of para-hydroxylation sites is 1. The Morgan fingerprint density at radius 3 is 1.52 bits per heavy atom. The van der Waals surface area contributed by atoms with Gasteiger partial charge < -0.3 is 54.8 Å². The molecule has 0 saturated carbocycles. The van der Waals surface area contributed by atoms with Crippen molar-refractivity contribution in [3.05, 3.63) is 128 Å². The van der Waals surface area contributed by atoms with Gasteiger partial charge in [-0.2, -0.15) is 8.61 Å². The number of hydrogen-bond donors (Lipinski definition) is 6. The van der Waals surface area contributed by atoms with Crippen LogP contribution in [0.4, 0.5) is 32.6 Å². The fraction of sp³-hybridized carbons (Fsp3) is 0.379. The molecule has 0 unspecified atom stereocenters. The molecule has 480 valence electrons. The Bertz CT molecular complexity index is 4150. The van der Waals surface area contributed by atoms with Crippen LogP contribution in [0, 0.1) is 0 Å². The number of nitrogens with one attached hydrogen (secondary N) is 5. The van der Waals surface area contributed by atoms with Gasteiger partial charge in [0.1, 0.15) is 42.8 Å². The van der Waals surface area contributed by atoms with Crippen LogP contribution in [-0.2, 0) is 58.1 Å². The first kappa shape index (κ1) is 63.7. The van der Waals surface area contributed by atoms with Crippen molar-refractivity contribution in [2.75, 3.05) is 61.0 Å². The van der Waals surface area contributed by atoms with E-state index in [0.717, 1.165) is 0 Å². The van der Waals surface area contributed by atoms with Crippen LogP contribution >= 0.6 is 0 Å². The minimum atomic E-state index is -3.71. The van der Waals surface area contributed by atoms with E-state index in [1.165, 1.54) is 52.1 Å². The van der Waals surface area contributed by atoms with Crippen molar-refractivity contribution in [3.8, 4) is 5.75 Å². The number of nitrogens with zero attached hydrogens (tertiary/aromatic N) is 10. The largest absolute Gasteiger partial charge is 0.418 e. The fourth-order valence-corrected chi connectivity index (χ4v) is 13.6. The molecule has 6 aliphatic heterocycles. The van der Waals surface area contributed by atoms with Crippen molar-refractivity contribution in [2.24, 2.45) is 0 Å². The van der Waals surface area contributed by atoms with E-state index in [9.17, 15) is 36.0 Å². The molecule has 3 aromatic carbocycles. The van der Waals surface area contributed by atoms with Gasteiger partial charge in [0.2, 0.25) is 20.0 Å². The van der Waals surface area contributed by atoms with Gasteiger partial charge in [0.25, 0.3) is 11.8 Å². The second kappa shape index (κ2) is 26.1. The quantitative estimate of drug-likeness (QED) is 0.0649. The van der Waals surface area contributed by atoms with Gasteiger partial charge in [0.05, 0.1) is 22.4 Å². The smallest absolute Gasteiger partial charge is 0.410 e. The summed E-state index contributed by atoms with van der Waals surface area (Å²) in [6.45, 7) is 13.1. The lowest BCUT2D eigenvalue weighted by atomic mass is 10.1. The molecule has 0 bridgehead atoms. The van der Waals surface area contributed by atoms with E-state index in [4.69, 9.17) is 38.9 Å². The Balaban J connectivity index is 0.000000155. The Morgan fingerprint density at radius 1 is 0.571 bits per heavy atom. The number of carbonyl (C=O) groups is 4. The van der Waals surface area contributed by atoms with E-state index in [-0.39, 0.29) is 44.4 Å². The van der Waals surface area contributed by atoms with Gasteiger partial charge >= 0.3 is 12.1 Å². The second-order valence-corrected chi connectivity index (χ2v) is 25.9. The van der Waals surface area contributed by atoms with E-state index < -0.39 is 92.8 Å². The molecule has 0 spiro atoms. The number of amides is 5. The first-order valence-corrected chi connectivity index (χ1v) is 31.7. The molecule has 33 heteroatoms. The molecule has 0 aliphatic carbocycles. The zero-order chi connectivity index (χ0) is 64.4. The van der Waals surface area contributed by atoms with Crippen LogP contribution in [0.2, 0.25) is 0 Å². The highest BCUT2D eigenvalue weighted by Crippen LogP contribution is 2.46. The number of benzene rings is 3. The zero-order valence-corrected chi connectivity index (χ0v) is 51.6. The summed E-state index contributed by atoms with van der Waals surface area (Å²) in [7, 11) is -7.08. The second-order valence-electron chi connectivity index (χ2n) is 22.0. The van der Waals surface area contributed by atoms with E-state index in [0.29, 0.717) is 67.5 Å². The molecule has 7 aromatic rings. The summed E-state index contributed by atoms with van der Waals surface area (Å²) < 4.78 is 97.4. The lowest BCUT2D eigenvalue weighted by molar-refractivity contribution is -0.198. The third kappa shape index (κ3) is 13.6. The number of aromatic nitrogens is 8. The van der Waals surface area contributed by atoms with Gasteiger partial charge in [-0.1, -0.05) is 54.6 Å². The molecule has 6 aliphatic rings. The maximum Gasteiger partial charge on any atom is 0.418 e. The molecule has 0 radical (unpaired) electrons. The van der Waals surface area contributed by atoms with Crippen molar-refractivity contribution >= 4 is 89.3 Å². The standard InChI is InChI=1S/C26H30N8O7S.C22H24N6O6.C10H12N2O2S/c1-4-27-23(35)19-18-20(41-26(2,3)40-18)24(39-19)34-14-30-17-21(28-13-29-22(17)34)32-25(36)31-15-8-7-9-16(12-15)42(37,38)33-10-5-6-11-33;1-4-23-19(29)15-14-16(34-22(2,3)33-14)20(32-15)28-11-26-13-17(24-10-25-18(13)28)27-21(30)31-12-8-6-5-7-9-12;11-9-4-3-5-10(8-9)15(13,14)12-6-1-2-7-12/h5-9,12-14,18-20,24H,4,10-11H2,1-3H3,(H,27,35)(H2,28,29,31,32,36);5-11,14-16,20H,4H2,1-3H3,(H,23,29)(H,24,25,27,30);1-5,8H,6-7,11H2/t18-,19+,20-,24-;14-,15+,16-,20-;/m11./s1. The summed E-state index contributed by atoms with van der Waals surface area (Å²) in [5, 5.41) is 13.4. The van der Waals surface area contributed by atoms with Crippen molar-refractivity contribution < 1.29 is 69.2 Å². The highest BCUT2D eigenvalue weighted by Gasteiger charge is 2.60. The van der Waals surface area contributed by atoms with Gasteiger partial charge in [-0.05, 0) is 90.1 Å². The van der Waals surface area contributed by atoms with Crippen molar-refractivity contribution in [2.45, 2.75) is 112 Å². The molecule has 91 heavy (non-hydrogen) atoms. The number of carbonyl (C=O) groups excluding carboxylic acids is 4. The zero-order valence-electron chi connectivity index (χ0n) is 50.0.